The van der Waals surface area contributed by atoms with Crippen LogP contribution in [-0.2, 0) is 45.3 Å². The SMILES string of the molecule is COc1cc(/N=N/c2cc(S(=O)(=O)O)c3cc(NC(C)=O)cc(S(=O)(=O)O)c3c2)c(C)cc1/N=N/c1sc(/N=N/c2c(Nc3ccc(S(=O)(=O)O)cc3)nc(Nc3ccc(S(=O)(=O)O)cc3)c(N)c2C)nc1-c1ccc2ccccc2c1. The monoisotopic (exact) mass is 1210 g/mol. The van der Waals surface area contributed by atoms with E-state index in [1.165, 1.54) is 49.6 Å². The molecule has 0 aliphatic carbocycles. The molecule has 0 atom stereocenters. The predicted octanol–water partition coefficient (Wildman–Crippen LogP) is 12.4. The Bertz CT molecular complexity index is 4660. The lowest BCUT2D eigenvalue weighted by Crippen LogP contribution is -2.09. The van der Waals surface area contributed by atoms with Gasteiger partial charge in [0.2, 0.25) is 11.0 Å². The zero-order valence-electron chi connectivity index (χ0n) is 42.7. The van der Waals surface area contributed by atoms with Gasteiger partial charge >= 0.3 is 0 Å². The van der Waals surface area contributed by atoms with Crippen molar-refractivity contribution in [3.05, 3.63) is 139 Å². The number of methoxy groups -OCH3 is 1. The summed E-state index contributed by atoms with van der Waals surface area (Å²) in [4.78, 5) is 19.0. The van der Waals surface area contributed by atoms with E-state index in [9.17, 15) is 56.7 Å². The molecule has 0 unspecified atom stereocenters. The highest BCUT2D eigenvalue weighted by molar-refractivity contribution is 7.87. The van der Waals surface area contributed by atoms with E-state index in [1.807, 2.05) is 42.5 Å². The van der Waals surface area contributed by atoms with Crippen LogP contribution in [0.15, 0.2) is 178 Å². The lowest BCUT2D eigenvalue weighted by Gasteiger charge is -2.16. The normalized spacial score (nSPS) is 12.5. The van der Waals surface area contributed by atoms with Crippen LogP contribution >= 0.6 is 11.3 Å². The van der Waals surface area contributed by atoms with Gasteiger partial charge in [0.1, 0.15) is 32.6 Å². The summed E-state index contributed by atoms with van der Waals surface area (Å²) in [5.41, 5.74) is 9.16. The molecule has 9 aromatic rings. The quantitative estimate of drug-likeness (QED) is 0.0310. The Labute approximate surface area is 470 Å². The highest BCUT2D eigenvalue weighted by Crippen LogP contribution is 2.45. The molecule has 0 aliphatic heterocycles. The number of azo groups is 3. The average Bonchev–Trinajstić information content (AvgIpc) is 3.97. The number of nitrogens with two attached hydrogens (primary N) is 1. The number of benzene rings is 7. The summed E-state index contributed by atoms with van der Waals surface area (Å²) in [7, 11) is -17.8. The number of thiazole rings is 1. The number of fused-ring (bicyclic) bond motifs is 2. The Balaban J connectivity index is 1.09. The van der Waals surface area contributed by atoms with Gasteiger partial charge in [0.15, 0.2) is 16.6 Å². The van der Waals surface area contributed by atoms with Crippen LogP contribution in [0.2, 0.25) is 0 Å². The van der Waals surface area contributed by atoms with E-state index in [-0.39, 0.29) is 82.2 Å². The highest BCUT2D eigenvalue weighted by Gasteiger charge is 2.25. The maximum absolute atomic E-state index is 12.6. The minimum Gasteiger partial charge on any atom is -0.494 e. The van der Waals surface area contributed by atoms with E-state index in [1.54, 1.807) is 19.9 Å². The van der Waals surface area contributed by atoms with Crippen LogP contribution in [0.3, 0.4) is 0 Å². The topological polar surface area (TPSA) is 406 Å². The number of carbonyl (C=O) groups is 1. The molecule has 2 aromatic heterocycles. The maximum Gasteiger partial charge on any atom is 0.295 e. The molecule has 0 radical (unpaired) electrons. The maximum atomic E-state index is 12.6. The van der Waals surface area contributed by atoms with Gasteiger partial charge < -0.3 is 26.4 Å². The number of nitrogens with one attached hydrogen (secondary N) is 3. The van der Waals surface area contributed by atoms with Crippen LogP contribution < -0.4 is 26.4 Å². The lowest BCUT2D eigenvalue weighted by atomic mass is 10.1. The van der Waals surface area contributed by atoms with Gasteiger partial charge in [-0.3, -0.25) is 23.0 Å². The van der Waals surface area contributed by atoms with Gasteiger partial charge in [0.25, 0.3) is 40.5 Å². The first-order valence-corrected chi connectivity index (χ1v) is 30.0. The van der Waals surface area contributed by atoms with E-state index in [0.29, 0.717) is 33.8 Å². The van der Waals surface area contributed by atoms with Crippen molar-refractivity contribution in [2.24, 2.45) is 30.7 Å². The second kappa shape index (κ2) is 22.5. The van der Waals surface area contributed by atoms with E-state index >= 15 is 0 Å². The van der Waals surface area contributed by atoms with Crippen LogP contribution in [0.1, 0.15) is 18.1 Å². The van der Waals surface area contributed by atoms with Crippen molar-refractivity contribution in [1.82, 2.24) is 9.97 Å². The molecule has 26 nitrogen and oxygen atoms in total. The summed E-state index contributed by atoms with van der Waals surface area (Å²) in [5.74, 6) is -0.363. The molecular formula is C51H42N12O14S5. The molecule has 2 heterocycles. The Kier molecular flexibility index (Phi) is 15.8. The largest absolute Gasteiger partial charge is 0.494 e. The fraction of sp³-hybridized carbons (Fsp3) is 0.0784. The Morgan fingerprint density at radius 3 is 1.77 bits per heavy atom. The summed E-state index contributed by atoms with van der Waals surface area (Å²) >= 11 is 1.00. The first kappa shape index (κ1) is 57.6. The third-order valence-corrected chi connectivity index (χ3v) is 16.4. The fourth-order valence-electron chi connectivity index (χ4n) is 8.10. The molecule has 0 aliphatic rings. The molecule has 7 aromatic carbocycles. The molecule has 82 heavy (non-hydrogen) atoms. The number of pyridine rings is 1. The van der Waals surface area contributed by atoms with Gasteiger partial charge in [-0.1, -0.05) is 47.7 Å². The molecule has 0 bridgehead atoms. The van der Waals surface area contributed by atoms with Gasteiger partial charge in [-0.25, -0.2) is 9.97 Å². The van der Waals surface area contributed by atoms with Crippen molar-refractivity contribution in [2.75, 3.05) is 28.8 Å². The third-order valence-electron chi connectivity index (χ3n) is 12.0. The minimum absolute atomic E-state index is 0.0496. The lowest BCUT2D eigenvalue weighted by molar-refractivity contribution is -0.114. The Morgan fingerprint density at radius 1 is 0.585 bits per heavy atom. The number of nitrogen functional groups attached to an aromatic ring is 1. The van der Waals surface area contributed by atoms with Crippen molar-refractivity contribution in [2.45, 2.75) is 40.4 Å². The number of nitrogens with zero attached hydrogens (tertiary/aromatic N) is 8. The molecule has 0 fully saturated rings. The standard InChI is InChI=1S/C51H42N12O14S5/c1-26-19-41(42(77-4)25-40(26)59-58-35-22-39-38(44(24-35)82(74,75)76)21-34(53-28(3)64)23-43(39)81(71,72)73)60-62-50-47(31-10-9-29-7-5-6-8-30(29)20-31)56-51(78-50)63-61-46-27(2)45(52)48(54-32-11-15-36(16-12-32)79(65,66)67)57-49(46)55-33-13-17-37(18-14-33)80(68,69)70/h5-25H,52H2,1-4H3,(H,53,64)(H2,54,55,57)(H,65,66,67)(H,68,69,70)(H,71,72,73)(H,74,75,76)/b59-58+,62-60+,63-61+. The first-order chi connectivity index (χ1) is 38.6. The number of carbonyl (C=O) groups excluding carboxylic acids is 1. The zero-order chi connectivity index (χ0) is 59.1. The molecule has 31 heteroatoms. The van der Waals surface area contributed by atoms with Crippen molar-refractivity contribution >= 4 is 147 Å². The molecule has 9 rings (SSSR count). The molecule has 1 amide bonds. The number of aryl methyl sites for hydroxylation is 1. The van der Waals surface area contributed by atoms with Crippen LogP contribution in [0.4, 0.5) is 67.3 Å². The molecule has 9 N–H and O–H groups in total. The third kappa shape index (κ3) is 12.9. The first-order valence-electron chi connectivity index (χ1n) is 23.4. The van der Waals surface area contributed by atoms with Gasteiger partial charge in [-0.2, -0.15) is 43.9 Å². The van der Waals surface area contributed by atoms with Crippen molar-refractivity contribution < 1.29 is 61.4 Å². The van der Waals surface area contributed by atoms with E-state index in [2.05, 4.69) is 51.6 Å². The number of rotatable bonds is 17. The smallest absolute Gasteiger partial charge is 0.295 e. The number of hydrogen-bond acceptors (Lipinski definition) is 22. The number of amides is 1. The van der Waals surface area contributed by atoms with E-state index in [4.69, 9.17) is 15.5 Å². The number of aromatic nitrogens is 2. The molecule has 0 spiro atoms. The Morgan fingerprint density at radius 2 is 1.17 bits per heavy atom. The molecule has 0 saturated heterocycles. The van der Waals surface area contributed by atoms with Crippen molar-refractivity contribution in [3.8, 4) is 17.0 Å². The van der Waals surface area contributed by atoms with Crippen LogP contribution in [0, 0.1) is 13.8 Å². The second-order valence-electron chi connectivity index (χ2n) is 17.7. The van der Waals surface area contributed by atoms with Gasteiger partial charge in [0, 0.05) is 52.0 Å². The summed E-state index contributed by atoms with van der Waals surface area (Å²) in [6, 6.07) is 30.5. The summed E-state index contributed by atoms with van der Waals surface area (Å²) in [5, 5.41) is 36.5. The fourth-order valence-corrected chi connectivity index (χ4v) is 11.2. The van der Waals surface area contributed by atoms with E-state index in [0.717, 1.165) is 65.4 Å². The van der Waals surface area contributed by atoms with Crippen LogP contribution in [0.5, 0.6) is 5.75 Å². The molecule has 420 valence electrons. The van der Waals surface area contributed by atoms with Crippen LogP contribution in [-0.4, -0.2) is 74.9 Å². The average molecular weight is 1210 g/mol. The van der Waals surface area contributed by atoms with Crippen molar-refractivity contribution in [3.63, 3.8) is 0 Å². The number of hydrogen-bond donors (Lipinski definition) is 8. The molecular weight excluding hydrogens is 1160 g/mol. The van der Waals surface area contributed by atoms with Crippen LogP contribution in [0.25, 0.3) is 32.8 Å². The number of ether oxygens (including phenoxy) is 1. The second-order valence-corrected chi connectivity index (χ2v) is 24.3. The highest BCUT2D eigenvalue weighted by atomic mass is 32.2. The Hall–Kier alpha value is -9.05. The van der Waals surface area contributed by atoms with Gasteiger partial charge in [0.05, 0.1) is 34.0 Å². The zero-order valence-corrected chi connectivity index (χ0v) is 46.8. The summed E-state index contributed by atoms with van der Waals surface area (Å²) in [6.07, 6.45) is 0. The predicted molar refractivity (Wildman–Crippen MR) is 306 cm³/mol. The summed E-state index contributed by atoms with van der Waals surface area (Å²) < 4.78 is 142. The summed E-state index contributed by atoms with van der Waals surface area (Å²) in [6.45, 7) is 4.40. The van der Waals surface area contributed by atoms with Gasteiger partial charge in [-0.15, -0.1) is 20.5 Å². The molecule has 0 saturated carbocycles. The number of anilines is 6. The minimum atomic E-state index is -5.07. The van der Waals surface area contributed by atoms with Gasteiger partial charge in [-0.05, 0) is 115 Å². The van der Waals surface area contributed by atoms with E-state index < -0.39 is 56.2 Å². The van der Waals surface area contributed by atoms with Crippen molar-refractivity contribution in [1.29, 1.82) is 0 Å².